The minimum Gasteiger partial charge on any atom is -0.480 e. The number of amides is 1. The lowest BCUT2D eigenvalue weighted by atomic mass is 10.0. The number of carbonyl (C=O) groups is 2. The quantitative estimate of drug-likeness (QED) is 0.752. The second-order valence-corrected chi connectivity index (χ2v) is 6.89. The normalized spacial score (nSPS) is 13.7. The number of carboxylic acids is 1. The van der Waals surface area contributed by atoms with Crippen LogP contribution < -0.4 is 0 Å². The van der Waals surface area contributed by atoms with Crippen LogP contribution in [0.15, 0.2) is 36.4 Å². The molecule has 2 heterocycles. The molecule has 27 heavy (non-hydrogen) atoms. The summed E-state index contributed by atoms with van der Waals surface area (Å²) in [6.45, 7) is 1.54. The molecule has 1 aliphatic rings. The van der Waals surface area contributed by atoms with E-state index in [4.69, 9.17) is 4.98 Å². The van der Waals surface area contributed by atoms with Gasteiger partial charge in [-0.3, -0.25) is 14.3 Å². The van der Waals surface area contributed by atoms with Gasteiger partial charge in [-0.05, 0) is 25.8 Å². The molecule has 0 atom stereocenters. The number of fused-ring (bicyclic) bond motifs is 1. The number of pyridine rings is 1. The summed E-state index contributed by atoms with van der Waals surface area (Å²) in [6, 6.07) is 11.4. The van der Waals surface area contributed by atoms with Crippen LogP contribution >= 0.6 is 0 Å². The van der Waals surface area contributed by atoms with Crippen LogP contribution in [0.4, 0.5) is 0 Å². The van der Waals surface area contributed by atoms with Crippen LogP contribution in [0, 0.1) is 6.92 Å². The molecule has 0 aliphatic heterocycles. The van der Waals surface area contributed by atoms with Gasteiger partial charge in [0, 0.05) is 18.7 Å². The molecular formula is C20H20N4O3. The van der Waals surface area contributed by atoms with Crippen molar-refractivity contribution < 1.29 is 14.7 Å². The van der Waals surface area contributed by atoms with E-state index < -0.39 is 5.97 Å². The lowest BCUT2D eigenvalue weighted by Gasteiger charge is -2.21. The van der Waals surface area contributed by atoms with E-state index in [1.165, 1.54) is 4.90 Å². The number of aliphatic carboxylic acids is 1. The Bertz CT molecular complexity index is 1040. The zero-order valence-corrected chi connectivity index (χ0v) is 15.2. The Hall–Kier alpha value is -3.22. The first kappa shape index (κ1) is 17.2. The van der Waals surface area contributed by atoms with Gasteiger partial charge >= 0.3 is 5.97 Å². The molecule has 1 aromatic carbocycles. The maximum absolute atomic E-state index is 13.3. The smallest absolute Gasteiger partial charge is 0.323 e. The van der Waals surface area contributed by atoms with Crippen molar-refractivity contribution in [3.8, 4) is 11.3 Å². The van der Waals surface area contributed by atoms with Crippen LogP contribution in [0.2, 0.25) is 0 Å². The lowest BCUT2D eigenvalue weighted by molar-refractivity contribution is -0.137. The number of carbonyl (C=O) groups excluding carboxylic acids is 1. The molecule has 0 radical (unpaired) electrons. The first-order chi connectivity index (χ1) is 13.0. The monoisotopic (exact) mass is 364 g/mol. The first-order valence-electron chi connectivity index (χ1n) is 8.88. The Kier molecular flexibility index (Phi) is 4.14. The molecule has 1 saturated carbocycles. The van der Waals surface area contributed by atoms with Gasteiger partial charge < -0.3 is 10.0 Å². The SMILES string of the molecule is Cc1nn(C)c2nc(-c3ccccc3)cc(C(=O)N(CC(=O)O)C3CC3)c12. The third-order valence-electron chi connectivity index (χ3n) is 4.82. The van der Waals surface area contributed by atoms with E-state index in [-0.39, 0.29) is 18.5 Å². The van der Waals surface area contributed by atoms with Crippen LogP contribution in [0.1, 0.15) is 28.9 Å². The maximum Gasteiger partial charge on any atom is 0.323 e. The Morgan fingerprint density at radius 2 is 1.96 bits per heavy atom. The Labute approximate surface area is 156 Å². The van der Waals surface area contributed by atoms with Gasteiger partial charge in [-0.15, -0.1) is 0 Å². The number of rotatable bonds is 5. The highest BCUT2D eigenvalue weighted by Crippen LogP contribution is 2.32. The number of aromatic nitrogens is 3. The number of hydrogen-bond donors (Lipinski definition) is 1. The second-order valence-electron chi connectivity index (χ2n) is 6.89. The van der Waals surface area contributed by atoms with E-state index in [2.05, 4.69) is 5.10 Å². The zero-order chi connectivity index (χ0) is 19.1. The fraction of sp³-hybridized carbons (Fsp3) is 0.300. The van der Waals surface area contributed by atoms with Crippen LogP contribution in [-0.4, -0.2) is 49.2 Å². The largest absolute Gasteiger partial charge is 0.480 e. The highest BCUT2D eigenvalue weighted by Gasteiger charge is 2.35. The van der Waals surface area contributed by atoms with Gasteiger partial charge in [-0.1, -0.05) is 30.3 Å². The van der Waals surface area contributed by atoms with Crippen LogP contribution in [0.25, 0.3) is 22.3 Å². The molecule has 0 spiro atoms. The number of benzene rings is 1. The summed E-state index contributed by atoms with van der Waals surface area (Å²) in [7, 11) is 1.79. The fourth-order valence-corrected chi connectivity index (χ4v) is 3.42. The zero-order valence-electron chi connectivity index (χ0n) is 15.2. The predicted molar refractivity (Wildman–Crippen MR) is 100 cm³/mol. The second kappa shape index (κ2) is 6.50. The summed E-state index contributed by atoms with van der Waals surface area (Å²) in [5.74, 6) is -1.28. The Morgan fingerprint density at radius 1 is 1.26 bits per heavy atom. The Balaban J connectivity index is 1.90. The Morgan fingerprint density at radius 3 is 2.59 bits per heavy atom. The van der Waals surface area contributed by atoms with E-state index in [1.807, 2.05) is 37.3 Å². The van der Waals surface area contributed by atoms with Crippen LogP contribution in [0.5, 0.6) is 0 Å². The van der Waals surface area contributed by atoms with E-state index in [9.17, 15) is 14.7 Å². The molecule has 138 valence electrons. The summed E-state index contributed by atoms with van der Waals surface area (Å²) < 4.78 is 1.66. The van der Waals surface area contributed by atoms with Crippen molar-refractivity contribution in [1.29, 1.82) is 0 Å². The van der Waals surface area contributed by atoms with Crippen molar-refractivity contribution in [2.45, 2.75) is 25.8 Å². The number of hydrogen-bond acceptors (Lipinski definition) is 4. The minimum atomic E-state index is -1.01. The molecule has 0 unspecified atom stereocenters. The molecule has 1 N–H and O–H groups in total. The van der Waals surface area contributed by atoms with Gasteiger partial charge in [0.1, 0.15) is 6.54 Å². The molecule has 0 saturated heterocycles. The molecule has 7 nitrogen and oxygen atoms in total. The van der Waals surface area contributed by atoms with Gasteiger partial charge in [0.15, 0.2) is 5.65 Å². The summed E-state index contributed by atoms with van der Waals surface area (Å²) in [5.41, 5.74) is 3.33. The minimum absolute atomic E-state index is 0.00559. The summed E-state index contributed by atoms with van der Waals surface area (Å²) in [5, 5.41) is 14.3. The highest BCUT2D eigenvalue weighted by atomic mass is 16.4. The summed E-state index contributed by atoms with van der Waals surface area (Å²) >= 11 is 0. The third kappa shape index (κ3) is 3.16. The van der Waals surface area contributed by atoms with Crippen molar-refractivity contribution >= 4 is 22.9 Å². The molecule has 1 aliphatic carbocycles. The fourth-order valence-electron chi connectivity index (χ4n) is 3.42. The van der Waals surface area contributed by atoms with Crippen molar-refractivity contribution in [2.75, 3.05) is 6.54 Å². The summed E-state index contributed by atoms with van der Waals surface area (Å²) in [4.78, 5) is 30.8. The van der Waals surface area contributed by atoms with E-state index in [1.54, 1.807) is 17.8 Å². The predicted octanol–water partition coefficient (Wildman–Crippen LogP) is 2.63. The summed E-state index contributed by atoms with van der Waals surface area (Å²) in [6.07, 6.45) is 1.68. The van der Waals surface area contributed by atoms with Gasteiger partial charge in [-0.25, -0.2) is 4.98 Å². The van der Waals surface area contributed by atoms with E-state index in [0.717, 1.165) is 18.4 Å². The van der Waals surface area contributed by atoms with Crippen LogP contribution in [-0.2, 0) is 11.8 Å². The molecule has 1 fully saturated rings. The van der Waals surface area contributed by atoms with Crippen molar-refractivity contribution in [3.05, 3.63) is 47.7 Å². The van der Waals surface area contributed by atoms with Gasteiger partial charge in [0.05, 0.1) is 22.3 Å². The molecule has 0 bridgehead atoms. The number of aryl methyl sites for hydroxylation is 2. The van der Waals surface area contributed by atoms with E-state index in [0.29, 0.717) is 28.0 Å². The van der Waals surface area contributed by atoms with Crippen molar-refractivity contribution in [1.82, 2.24) is 19.7 Å². The molecule has 7 heteroatoms. The first-order valence-corrected chi connectivity index (χ1v) is 8.88. The van der Waals surface area contributed by atoms with E-state index >= 15 is 0 Å². The van der Waals surface area contributed by atoms with Crippen LogP contribution in [0.3, 0.4) is 0 Å². The number of nitrogens with zero attached hydrogens (tertiary/aromatic N) is 4. The molecule has 3 aromatic rings. The standard InChI is InChI=1S/C20H20N4O3/c1-12-18-15(20(27)24(11-17(25)26)14-8-9-14)10-16(13-6-4-3-5-7-13)21-19(18)23(2)22-12/h3-7,10,14H,8-9,11H2,1-2H3,(H,25,26). The maximum atomic E-state index is 13.3. The molecular weight excluding hydrogens is 344 g/mol. The van der Waals surface area contributed by atoms with Crippen molar-refractivity contribution in [2.24, 2.45) is 7.05 Å². The number of carboxylic acid groups (broad SMARTS) is 1. The topological polar surface area (TPSA) is 88.3 Å². The molecule has 2 aromatic heterocycles. The third-order valence-corrected chi connectivity index (χ3v) is 4.82. The lowest BCUT2D eigenvalue weighted by Crippen LogP contribution is -2.37. The molecule has 1 amide bonds. The average molecular weight is 364 g/mol. The average Bonchev–Trinajstić information content (AvgIpc) is 3.45. The molecule has 4 rings (SSSR count). The highest BCUT2D eigenvalue weighted by molar-refractivity contribution is 6.08. The van der Waals surface area contributed by atoms with Gasteiger partial charge in [-0.2, -0.15) is 5.10 Å². The van der Waals surface area contributed by atoms with Gasteiger partial charge in [0.2, 0.25) is 0 Å². The van der Waals surface area contributed by atoms with Gasteiger partial charge in [0.25, 0.3) is 5.91 Å². The van der Waals surface area contributed by atoms with Crippen molar-refractivity contribution in [3.63, 3.8) is 0 Å².